The van der Waals surface area contributed by atoms with Crippen molar-refractivity contribution in [2.24, 2.45) is 16.6 Å². The van der Waals surface area contributed by atoms with Crippen LogP contribution in [0.5, 0.6) is 0 Å². The van der Waals surface area contributed by atoms with Gasteiger partial charge in [-0.25, -0.2) is 9.97 Å². The average molecular weight is 274 g/mol. The summed E-state index contributed by atoms with van der Waals surface area (Å²) in [4.78, 5) is 15.4. The zero-order valence-corrected chi connectivity index (χ0v) is 11.7. The smallest absolute Gasteiger partial charge is 0.225 e. The Morgan fingerprint density at radius 3 is 2.90 bits per heavy atom. The van der Waals surface area contributed by atoms with Crippen LogP contribution in [0.25, 0.3) is 0 Å². The molecule has 108 valence electrons. The Labute approximate surface area is 119 Å². The van der Waals surface area contributed by atoms with E-state index in [0.717, 1.165) is 32.0 Å². The first-order chi connectivity index (χ1) is 9.81. The highest BCUT2D eigenvalue weighted by Gasteiger charge is 2.23. The number of hydrogen-bond donors (Lipinski definition) is 2. The van der Waals surface area contributed by atoms with Crippen LogP contribution in [0.15, 0.2) is 23.5 Å². The molecule has 2 aliphatic rings. The predicted molar refractivity (Wildman–Crippen MR) is 79.6 cm³/mol. The molecule has 0 bridgehead atoms. The Balaban J connectivity index is 1.52. The summed E-state index contributed by atoms with van der Waals surface area (Å²) < 4.78 is 0. The van der Waals surface area contributed by atoms with Gasteiger partial charge in [-0.1, -0.05) is 0 Å². The highest BCUT2D eigenvalue weighted by atomic mass is 15.3. The van der Waals surface area contributed by atoms with Crippen LogP contribution < -0.4 is 16.0 Å². The van der Waals surface area contributed by atoms with Gasteiger partial charge < -0.3 is 16.0 Å². The third-order valence-corrected chi connectivity index (χ3v) is 3.80. The lowest BCUT2D eigenvalue weighted by atomic mass is 9.98. The van der Waals surface area contributed by atoms with Crippen LogP contribution in [0.3, 0.4) is 0 Å². The minimum atomic E-state index is 0.534. The Kier molecular flexibility index (Phi) is 3.99. The van der Waals surface area contributed by atoms with Gasteiger partial charge in [-0.2, -0.15) is 0 Å². The molecular formula is C14H22N6. The molecule has 1 unspecified atom stereocenters. The Bertz CT molecular complexity index is 456. The number of guanidine groups is 1. The van der Waals surface area contributed by atoms with Crippen LogP contribution in [0.1, 0.15) is 25.7 Å². The Morgan fingerprint density at radius 1 is 1.35 bits per heavy atom. The average Bonchev–Trinajstić information content (AvgIpc) is 3.30. The summed E-state index contributed by atoms with van der Waals surface area (Å²) in [6.07, 6.45) is 8.39. The van der Waals surface area contributed by atoms with Crippen molar-refractivity contribution < 1.29 is 0 Å². The van der Waals surface area contributed by atoms with E-state index in [1.165, 1.54) is 19.3 Å². The van der Waals surface area contributed by atoms with E-state index in [-0.39, 0.29) is 0 Å². The zero-order chi connectivity index (χ0) is 13.8. The summed E-state index contributed by atoms with van der Waals surface area (Å²) in [5, 5.41) is 3.23. The molecule has 1 saturated heterocycles. The number of hydrogen-bond acceptors (Lipinski definition) is 4. The number of nitrogens with two attached hydrogens (primary N) is 1. The maximum atomic E-state index is 5.88. The normalized spacial score (nSPS) is 23.7. The standard InChI is InChI=1S/C14H22N6/c15-13(19-12-4-5-12)18-9-11-3-1-8-20(10-11)14-16-6-2-7-17-14/h2,6-7,11-12H,1,3-5,8-10H2,(H3,15,18,19). The van der Waals surface area contributed by atoms with Crippen molar-refractivity contribution in [2.75, 3.05) is 24.5 Å². The highest BCUT2D eigenvalue weighted by molar-refractivity contribution is 5.78. The number of anilines is 1. The fourth-order valence-corrected chi connectivity index (χ4v) is 2.56. The van der Waals surface area contributed by atoms with Gasteiger partial charge in [-0.3, -0.25) is 4.99 Å². The lowest BCUT2D eigenvalue weighted by Gasteiger charge is -2.31. The van der Waals surface area contributed by atoms with Gasteiger partial charge in [0, 0.05) is 38.1 Å². The molecule has 0 aromatic carbocycles. The molecule has 0 radical (unpaired) electrons. The topological polar surface area (TPSA) is 79.4 Å². The molecular weight excluding hydrogens is 252 g/mol. The summed E-state index contributed by atoms with van der Waals surface area (Å²) in [7, 11) is 0. The van der Waals surface area contributed by atoms with E-state index in [9.17, 15) is 0 Å². The summed E-state index contributed by atoms with van der Waals surface area (Å²) >= 11 is 0. The van der Waals surface area contributed by atoms with Crippen molar-refractivity contribution in [3.8, 4) is 0 Å². The van der Waals surface area contributed by atoms with E-state index in [2.05, 4.69) is 25.2 Å². The second kappa shape index (κ2) is 6.07. The largest absolute Gasteiger partial charge is 0.370 e. The monoisotopic (exact) mass is 274 g/mol. The van der Waals surface area contributed by atoms with Crippen LogP contribution in [-0.2, 0) is 0 Å². The van der Waals surface area contributed by atoms with Gasteiger partial charge in [0.1, 0.15) is 0 Å². The molecule has 1 atom stereocenters. The van der Waals surface area contributed by atoms with E-state index in [1.54, 1.807) is 12.4 Å². The summed E-state index contributed by atoms with van der Waals surface area (Å²) in [6, 6.07) is 2.42. The highest BCUT2D eigenvalue weighted by Crippen LogP contribution is 2.20. The van der Waals surface area contributed by atoms with Crippen LogP contribution >= 0.6 is 0 Å². The quantitative estimate of drug-likeness (QED) is 0.626. The van der Waals surface area contributed by atoms with E-state index in [4.69, 9.17) is 5.73 Å². The minimum Gasteiger partial charge on any atom is -0.370 e. The van der Waals surface area contributed by atoms with Crippen molar-refractivity contribution >= 4 is 11.9 Å². The minimum absolute atomic E-state index is 0.534. The third kappa shape index (κ3) is 3.59. The second-order valence-corrected chi connectivity index (χ2v) is 5.65. The van der Waals surface area contributed by atoms with Crippen molar-refractivity contribution in [2.45, 2.75) is 31.7 Å². The first kappa shape index (κ1) is 13.1. The summed E-state index contributed by atoms with van der Waals surface area (Å²) in [6.45, 7) is 2.78. The molecule has 2 fully saturated rings. The number of aromatic nitrogens is 2. The van der Waals surface area contributed by atoms with Gasteiger partial charge in [0.05, 0.1) is 0 Å². The second-order valence-electron chi connectivity index (χ2n) is 5.65. The first-order valence-electron chi connectivity index (χ1n) is 7.39. The molecule has 3 N–H and O–H groups in total. The lowest BCUT2D eigenvalue weighted by molar-refractivity contribution is 0.420. The first-order valence-corrected chi connectivity index (χ1v) is 7.39. The molecule has 6 heteroatoms. The summed E-state index contributed by atoms with van der Waals surface area (Å²) in [5.74, 6) is 1.96. The predicted octanol–water partition coefficient (Wildman–Crippen LogP) is 0.760. The zero-order valence-electron chi connectivity index (χ0n) is 11.7. The number of piperidine rings is 1. The van der Waals surface area contributed by atoms with E-state index < -0.39 is 0 Å². The molecule has 3 rings (SSSR count). The van der Waals surface area contributed by atoms with Crippen molar-refractivity contribution in [3.63, 3.8) is 0 Å². The number of nitrogens with one attached hydrogen (secondary N) is 1. The number of aliphatic imine (C=N–C) groups is 1. The van der Waals surface area contributed by atoms with Crippen LogP contribution in [0.4, 0.5) is 5.95 Å². The fourth-order valence-electron chi connectivity index (χ4n) is 2.56. The third-order valence-electron chi connectivity index (χ3n) is 3.80. The van der Waals surface area contributed by atoms with E-state index in [1.807, 2.05) is 6.07 Å². The molecule has 1 aliphatic carbocycles. The SMILES string of the molecule is NC(=NCC1CCCN(c2ncccn2)C1)NC1CC1. The lowest BCUT2D eigenvalue weighted by Crippen LogP contribution is -2.39. The maximum Gasteiger partial charge on any atom is 0.225 e. The molecule has 0 spiro atoms. The summed E-state index contributed by atoms with van der Waals surface area (Å²) in [5.41, 5.74) is 5.88. The molecule has 1 aliphatic heterocycles. The maximum absolute atomic E-state index is 5.88. The van der Waals surface area contributed by atoms with Gasteiger partial charge in [0.2, 0.25) is 5.95 Å². The van der Waals surface area contributed by atoms with Gasteiger partial charge in [-0.15, -0.1) is 0 Å². The molecule has 0 amide bonds. The van der Waals surface area contributed by atoms with Gasteiger partial charge in [-0.05, 0) is 37.7 Å². The van der Waals surface area contributed by atoms with Gasteiger partial charge >= 0.3 is 0 Å². The number of nitrogens with zero attached hydrogens (tertiary/aromatic N) is 4. The molecule has 6 nitrogen and oxygen atoms in total. The number of rotatable bonds is 4. The molecule has 2 heterocycles. The molecule has 20 heavy (non-hydrogen) atoms. The molecule has 1 saturated carbocycles. The molecule has 1 aromatic heterocycles. The van der Waals surface area contributed by atoms with Crippen LogP contribution in [-0.4, -0.2) is 41.6 Å². The van der Waals surface area contributed by atoms with E-state index in [0.29, 0.717) is 17.9 Å². The van der Waals surface area contributed by atoms with Crippen molar-refractivity contribution in [1.29, 1.82) is 0 Å². The van der Waals surface area contributed by atoms with Crippen LogP contribution in [0, 0.1) is 5.92 Å². The van der Waals surface area contributed by atoms with Crippen LogP contribution in [0.2, 0.25) is 0 Å². The Hall–Kier alpha value is -1.85. The Morgan fingerprint density at radius 2 is 2.15 bits per heavy atom. The van der Waals surface area contributed by atoms with Gasteiger partial charge in [0.15, 0.2) is 5.96 Å². The van der Waals surface area contributed by atoms with Gasteiger partial charge in [0.25, 0.3) is 0 Å². The van der Waals surface area contributed by atoms with E-state index >= 15 is 0 Å². The fraction of sp³-hybridized carbons (Fsp3) is 0.643. The van der Waals surface area contributed by atoms with Crippen molar-refractivity contribution in [3.05, 3.63) is 18.5 Å². The van der Waals surface area contributed by atoms with Crippen molar-refractivity contribution in [1.82, 2.24) is 15.3 Å². The molecule has 1 aromatic rings.